The van der Waals surface area contributed by atoms with Gasteiger partial charge in [0.05, 0.1) is 0 Å². The van der Waals surface area contributed by atoms with E-state index in [0.717, 1.165) is 18.5 Å². The monoisotopic (exact) mass is 264 g/mol. The van der Waals surface area contributed by atoms with E-state index in [1.807, 2.05) is 12.3 Å². The summed E-state index contributed by atoms with van der Waals surface area (Å²) in [4.78, 5) is 6.87. The molecule has 98 valence electrons. The van der Waals surface area contributed by atoms with Crippen LogP contribution < -0.4 is 0 Å². The molecule has 0 amide bonds. The zero-order valence-corrected chi connectivity index (χ0v) is 11.6. The van der Waals surface area contributed by atoms with Crippen LogP contribution in [-0.2, 0) is 6.54 Å². The van der Waals surface area contributed by atoms with Crippen LogP contribution in [0, 0.1) is 5.92 Å². The second-order valence-corrected chi connectivity index (χ2v) is 6.10. The molecule has 0 radical (unpaired) electrons. The average molecular weight is 265 g/mol. The van der Waals surface area contributed by atoms with Crippen LogP contribution in [-0.4, -0.2) is 22.5 Å². The Hall–Kier alpha value is -0.600. The largest absolute Gasteiger partial charge is 0.296 e. The molecule has 2 nitrogen and oxygen atoms in total. The molecule has 0 bridgehead atoms. The summed E-state index contributed by atoms with van der Waals surface area (Å²) in [5.41, 5.74) is 1.30. The van der Waals surface area contributed by atoms with Crippen molar-refractivity contribution in [3.8, 4) is 0 Å². The van der Waals surface area contributed by atoms with Crippen molar-refractivity contribution < 1.29 is 0 Å². The molecule has 18 heavy (non-hydrogen) atoms. The third-order valence-electron chi connectivity index (χ3n) is 4.53. The highest BCUT2D eigenvalue weighted by molar-refractivity contribution is 6.29. The van der Waals surface area contributed by atoms with Crippen molar-refractivity contribution in [3.63, 3.8) is 0 Å². The van der Waals surface area contributed by atoms with E-state index in [2.05, 4.69) is 16.0 Å². The highest BCUT2D eigenvalue weighted by atomic mass is 35.5. The lowest BCUT2D eigenvalue weighted by Crippen LogP contribution is -2.46. The van der Waals surface area contributed by atoms with Crippen LogP contribution >= 0.6 is 11.6 Å². The van der Waals surface area contributed by atoms with Gasteiger partial charge in [-0.05, 0) is 49.8 Å². The fraction of sp³-hybridized carbons (Fsp3) is 0.667. The van der Waals surface area contributed by atoms with Gasteiger partial charge >= 0.3 is 0 Å². The molecule has 1 aliphatic carbocycles. The zero-order valence-electron chi connectivity index (χ0n) is 10.8. The molecule has 1 aromatic rings. The number of fused-ring (bicyclic) bond motifs is 1. The Bertz CT molecular complexity index is 388. The Morgan fingerprint density at radius 3 is 2.83 bits per heavy atom. The number of pyridine rings is 1. The number of nitrogens with zero attached hydrogens (tertiary/aromatic N) is 2. The first-order valence-corrected chi connectivity index (χ1v) is 7.55. The maximum absolute atomic E-state index is 5.84. The van der Waals surface area contributed by atoms with Gasteiger partial charge in [0.15, 0.2) is 0 Å². The number of hydrogen-bond acceptors (Lipinski definition) is 2. The molecule has 3 heteroatoms. The van der Waals surface area contributed by atoms with Gasteiger partial charge in [-0.15, -0.1) is 0 Å². The third-order valence-corrected chi connectivity index (χ3v) is 4.76. The second-order valence-electron chi connectivity index (χ2n) is 5.71. The lowest BCUT2D eigenvalue weighted by atomic mass is 9.78. The molecule has 2 fully saturated rings. The van der Waals surface area contributed by atoms with Gasteiger partial charge in [-0.1, -0.05) is 30.5 Å². The fourth-order valence-corrected chi connectivity index (χ4v) is 3.77. The van der Waals surface area contributed by atoms with E-state index >= 15 is 0 Å². The van der Waals surface area contributed by atoms with Crippen LogP contribution in [0.25, 0.3) is 0 Å². The smallest absolute Gasteiger partial charge is 0.129 e. The molecular weight excluding hydrogens is 244 g/mol. The summed E-state index contributed by atoms with van der Waals surface area (Å²) in [6.07, 6.45) is 10.4. The minimum absolute atomic E-state index is 0.591. The Labute approximate surface area is 114 Å². The van der Waals surface area contributed by atoms with Crippen molar-refractivity contribution >= 4 is 11.6 Å². The third kappa shape index (κ3) is 2.70. The number of hydrogen-bond donors (Lipinski definition) is 0. The summed E-state index contributed by atoms with van der Waals surface area (Å²) < 4.78 is 0. The van der Waals surface area contributed by atoms with E-state index in [1.165, 1.54) is 50.6 Å². The average Bonchev–Trinajstić information content (AvgIpc) is 2.42. The van der Waals surface area contributed by atoms with Crippen molar-refractivity contribution in [2.45, 2.75) is 51.1 Å². The topological polar surface area (TPSA) is 16.1 Å². The summed E-state index contributed by atoms with van der Waals surface area (Å²) >= 11 is 5.84. The molecule has 3 rings (SSSR count). The van der Waals surface area contributed by atoms with Gasteiger partial charge in [-0.25, -0.2) is 4.98 Å². The van der Waals surface area contributed by atoms with Crippen LogP contribution in [0.2, 0.25) is 5.15 Å². The molecule has 0 N–H and O–H groups in total. The summed E-state index contributed by atoms with van der Waals surface area (Å²) in [5.74, 6) is 0.952. The number of halogens is 1. The maximum Gasteiger partial charge on any atom is 0.129 e. The normalized spacial score (nSPS) is 28.9. The molecule has 2 atom stereocenters. The highest BCUT2D eigenvalue weighted by Crippen LogP contribution is 2.35. The van der Waals surface area contributed by atoms with Gasteiger partial charge in [-0.3, -0.25) is 4.90 Å². The molecule has 1 aromatic heterocycles. The summed E-state index contributed by atoms with van der Waals surface area (Å²) in [6.45, 7) is 2.30. The van der Waals surface area contributed by atoms with Crippen molar-refractivity contribution in [2.24, 2.45) is 5.92 Å². The van der Waals surface area contributed by atoms with Crippen molar-refractivity contribution in [1.82, 2.24) is 9.88 Å². The number of rotatable bonds is 2. The molecule has 0 aromatic carbocycles. The molecule has 2 heterocycles. The van der Waals surface area contributed by atoms with Gasteiger partial charge in [-0.2, -0.15) is 0 Å². The van der Waals surface area contributed by atoms with Crippen molar-refractivity contribution in [1.29, 1.82) is 0 Å². The van der Waals surface area contributed by atoms with Gasteiger partial charge in [0.2, 0.25) is 0 Å². The lowest BCUT2D eigenvalue weighted by Gasteiger charge is -2.44. The van der Waals surface area contributed by atoms with Gasteiger partial charge < -0.3 is 0 Å². The van der Waals surface area contributed by atoms with E-state index < -0.39 is 0 Å². The first-order valence-electron chi connectivity index (χ1n) is 7.17. The zero-order chi connectivity index (χ0) is 12.4. The van der Waals surface area contributed by atoms with E-state index in [-0.39, 0.29) is 0 Å². The SMILES string of the molecule is Clc1ccc(CN2CCC[C@H]3CCCC[C@H]32)cn1. The van der Waals surface area contributed by atoms with Crippen LogP contribution in [0.4, 0.5) is 0 Å². The minimum atomic E-state index is 0.591. The number of likely N-dealkylation sites (tertiary alicyclic amines) is 1. The summed E-state index contributed by atoms with van der Waals surface area (Å²) in [6, 6.07) is 4.84. The molecule has 2 aliphatic rings. The molecule has 1 saturated carbocycles. The van der Waals surface area contributed by atoms with Crippen LogP contribution in [0.15, 0.2) is 18.3 Å². The standard InChI is InChI=1S/C15H21ClN2/c16-15-8-7-12(10-17-15)11-18-9-3-5-13-4-1-2-6-14(13)18/h7-8,10,13-14H,1-6,9,11H2/t13-,14-/m1/s1. The fourth-order valence-electron chi connectivity index (χ4n) is 3.66. The Morgan fingerprint density at radius 1 is 1.17 bits per heavy atom. The Kier molecular flexibility index (Phi) is 3.86. The predicted octanol–water partition coefficient (Wildman–Crippen LogP) is 3.89. The summed E-state index contributed by atoms with van der Waals surface area (Å²) in [7, 11) is 0. The predicted molar refractivity (Wildman–Crippen MR) is 74.6 cm³/mol. The second kappa shape index (κ2) is 5.58. The molecule has 1 aliphatic heterocycles. The van der Waals surface area contributed by atoms with E-state index in [9.17, 15) is 0 Å². The van der Waals surface area contributed by atoms with Crippen molar-refractivity contribution in [3.05, 3.63) is 29.0 Å². The van der Waals surface area contributed by atoms with Crippen molar-refractivity contribution in [2.75, 3.05) is 6.54 Å². The maximum atomic E-state index is 5.84. The van der Waals surface area contributed by atoms with E-state index in [1.54, 1.807) is 0 Å². The first kappa shape index (κ1) is 12.4. The van der Waals surface area contributed by atoms with E-state index in [4.69, 9.17) is 11.6 Å². The number of piperidine rings is 1. The Balaban J connectivity index is 1.69. The lowest BCUT2D eigenvalue weighted by molar-refractivity contribution is 0.0546. The minimum Gasteiger partial charge on any atom is -0.296 e. The molecular formula is C15H21ClN2. The molecule has 0 spiro atoms. The quantitative estimate of drug-likeness (QED) is 0.754. The van der Waals surface area contributed by atoms with E-state index in [0.29, 0.717) is 5.15 Å². The van der Waals surface area contributed by atoms with Crippen LogP contribution in [0.5, 0.6) is 0 Å². The molecule has 0 unspecified atom stereocenters. The van der Waals surface area contributed by atoms with Gasteiger partial charge in [0, 0.05) is 18.8 Å². The Morgan fingerprint density at radius 2 is 2.00 bits per heavy atom. The summed E-state index contributed by atoms with van der Waals surface area (Å²) in [5, 5.41) is 0.591. The van der Waals surface area contributed by atoms with Gasteiger partial charge in [0.1, 0.15) is 5.15 Å². The highest BCUT2D eigenvalue weighted by Gasteiger charge is 2.32. The molecule has 1 saturated heterocycles. The number of aromatic nitrogens is 1. The van der Waals surface area contributed by atoms with Gasteiger partial charge in [0.25, 0.3) is 0 Å². The van der Waals surface area contributed by atoms with Crippen LogP contribution in [0.3, 0.4) is 0 Å². The first-order chi connectivity index (χ1) is 8.83. The van der Waals surface area contributed by atoms with Crippen LogP contribution in [0.1, 0.15) is 44.1 Å².